The largest absolute Gasteiger partial charge is 0.508 e. The Morgan fingerprint density at radius 2 is 1.87 bits per heavy atom. The fourth-order valence-electron chi connectivity index (χ4n) is 6.25. The molecule has 2 atom stereocenters. The summed E-state index contributed by atoms with van der Waals surface area (Å²) in [5.74, 6) is -0.0279. The van der Waals surface area contributed by atoms with Gasteiger partial charge in [0.05, 0.1) is 0 Å². The van der Waals surface area contributed by atoms with Gasteiger partial charge in [0.2, 0.25) is 5.91 Å². The Morgan fingerprint density at radius 3 is 2.58 bits per heavy atom. The van der Waals surface area contributed by atoms with Crippen molar-refractivity contribution in [2.45, 2.75) is 31.8 Å². The Balaban J connectivity index is 1.35. The molecule has 4 amide bonds. The third-order valence-electron chi connectivity index (χ3n) is 8.27. The van der Waals surface area contributed by atoms with Crippen LogP contribution < -0.4 is 0 Å². The van der Waals surface area contributed by atoms with Gasteiger partial charge in [0.15, 0.2) is 0 Å². The van der Waals surface area contributed by atoms with Crippen LogP contribution in [0.3, 0.4) is 0 Å². The molecule has 2 aromatic carbocycles. The fourth-order valence-corrected chi connectivity index (χ4v) is 6.61. The lowest BCUT2D eigenvalue weighted by Crippen LogP contribution is -2.53. The van der Waals surface area contributed by atoms with Crippen LogP contribution in [0.1, 0.15) is 36.7 Å². The summed E-state index contributed by atoms with van der Waals surface area (Å²) in [4.78, 5) is 50.3. The Bertz CT molecular complexity index is 1460. The predicted octanol–water partition coefficient (Wildman–Crippen LogP) is 3.47. The van der Waals surface area contributed by atoms with E-state index in [0.717, 1.165) is 32.2 Å². The number of hydrogen-bond acceptors (Lipinski definition) is 5. The molecule has 38 heavy (non-hydrogen) atoms. The molecule has 3 aliphatic rings. The highest BCUT2D eigenvalue weighted by Gasteiger charge is 2.60. The van der Waals surface area contributed by atoms with Gasteiger partial charge in [0.25, 0.3) is 5.91 Å². The number of phenols is 1. The number of benzene rings is 2. The van der Waals surface area contributed by atoms with Crippen LogP contribution in [0.4, 0.5) is 4.79 Å². The number of fused-ring (bicyclic) bond motifs is 4. The number of amides is 4. The van der Waals surface area contributed by atoms with E-state index in [4.69, 9.17) is 0 Å². The van der Waals surface area contributed by atoms with E-state index in [-0.39, 0.29) is 30.1 Å². The SMILES string of the molecule is CC(=O)N1CCN(CCN2C(=O)N3[C@H](c4cccc(O)c4)c4[nH]c5ccc(Br)cc5c4C[C@@]3(C)C2=O)CC1. The van der Waals surface area contributed by atoms with E-state index in [9.17, 15) is 19.5 Å². The number of halogens is 1. The van der Waals surface area contributed by atoms with E-state index in [1.54, 1.807) is 30.0 Å². The van der Waals surface area contributed by atoms with Crippen LogP contribution in [0.25, 0.3) is 10.9 Å². The van der Waals surface area contributed by atoms with Crippen LogP contribution in [-0.4, -0.2) is 92.3 Å². The number of phenolic OH excluding ortho intramolecular Hbond substituents is 1. The second-order valence-electron chi connectivity index (χ2n) is 10.6. The van der Waals surface area contributed by atoms with Crippen molar-refractivity contribution >= 4 is 44.7 Å². The monoisotopic (exact) mass is 579 g/mol. The highest BCUT2D eigenvalue weighted by atomic mass is 79.9. The summed E-state index contributed by atoms with van der Waals surface area (Å²) >= 11 is 3.57. The summed E-state index contributed by atoms with van der Waals surface area (Å²) in [7, 11) is 0. The summed E-state index contributed by atoms with van der Waals surface area (Å²) in [5.41, 5.74) is 2.49. The van der Waals surface area contributed by atoms with Crippen LogP contribution in [0.5, 0.6) is 5.75 Å². The standard InChI is InChI=1S/C28H30BrN5O4/c1-17(35)32-11-8-31(9-12-32)10-13-33-26(37)28(2)16-22-21-15-19(29)6-7-23(21)30-24(22)25(34(28)27(33)38)18-4-3-5-20(36)14-18/h3-7,14-15,25,30,36H,8-13,16H2,1-2H3/t25-,28+/m1/s1. The van der Waals surface area contributed by atoms with E-state index in [0.29, 0.717) is 39.1 Å². The average molecular weight is 580 g/mol. The second kappa shape index (κ2) is 9.13. The molecule has 2 N–H and O–H groups in total. The first-order chi connectivity index (χ1) is 18.2. The first kappa shape index (κ1) is 24.9. The van der Waals surface area contributed by atoms with Crippen LogP contribution in [-0.2, 0) is 16.0 Å². The minimum Gasteiger partial charge on any atom is -0.508 e. The molecule has 198 valence electrons. The lowest BCUT2D eigenvalue weighted by molar-refractivity contribution is -0.133. The molecule has 4 heterocycles. The van der Waals surface area contributed by atoms with E-state index in [1.807, 2.05) is 36.1 Å². The highest BCUT2D eigenvalue weighted by Crippen LogP contribution is 2.49. The second-order valence-corrected chi connectivity index (χ2v) is 11.5. The third kappa shape index (κ3) is 3.89. The first-order valence-corrected chi connectivity index (χ1v) is 13.7. The number of rotatable bonds is 4. The van der Waals surface area contributed by atoms with Crippen LogP contribution >= 0.6 is 15.9 Å². The molecule has 0 aliphatic carbocycles. The quantitative estimate of drug-likeness (QED) is 0.461. The van der Waals surface area contributed by atoms with E-state index in [1.165, 1.54) is 4.90 Å². The number of nitrogens with one attached hydrogen (secondary N) is 1. The lowest BCUT2D eigenvalue weighted by Gasteiger charge is -2.42. The molecule has 6 rings (SSSR count). The van der Waals surface area contributed by atoms with Gasteiger partial charge in [-0.15, -0.1) is 0 Å². The molecule has 10 heteroatoms. The maximum absolute atomic E-state index is 14.0. The number of carbonyl (C=O) groups excluding carboxylic acids is 3. The van der Waals surface area contributed by atoms with Gasteiger partial charge >= 0.3 is 6.03 Å². The van der Waals surface area contributed by atoms with Gasteiger partial charge < -0.3 is 15.0 Å². The van der Waals surface area contributed by atoms with E-state index >= 15 is 0 Å². The Labute approximate surface area is 229 Å². The zero-order valence-corrected chi connectivity index (χ0v) is 23.0. The van der Waals surface area contributed by atoms with E-state index in [2.05, 4.69) is 25.8 Å². The number of imide groups is 1. The predicted molar refractivity (Wildman–Crippen MR) is 146 cm³/mol. The Kier molecular flexibility index (Phi) is 5.99. The number of aromatic nitrogens is 1. The average Bonchev–Trinajstić information content (AvgIpc) is 3.33. The molecule has 0 radical (unpaired) electrons. The molecule has 0 saturated carbocycles. The number of hydrogen-bond donors (Lipinski definition) is 2. The minimum atomic E-state index is -1.06. The number of piperazine rings is 1. The van der Waals surface area contributed by atoms with Crippen molar-refractivity contribution in [3.63, 3.8) is 0 Å². The lowest BCUT2D eigenvalue weighted by atomic mass is 9.81. The van der Waals surface area contributed by atoms with Crippen molar-refractivity contribution in [3.05, 3.63) is 63.8 Å². The summed E-state index contributed by atoms with van der Waals surface area (Å²) in [6.07, 6.45) is 0.395. The van der Waals surface area contributed by atoms with Crippen molar-refractivity contribution in [1.29, 1.82) is 0 Å². The number of H-pyrrole nitrogens is 1. The molecular weight excluding hydrogens is 550 g/mol. The topological polar surface area (TPSA) is 100 Å². The molecule has 9 nitrogen and oxygen atoms in total. The first-order valence-electron chi connectivity index (χ1n) is 12.9. The van der Waals surface area contributed by atoms with Gasteiger partial charge in [-0.25, -0.2) is 4.79 Å². The van der Waals surface area contributed by atoms with E-state index < -0.39 is 11.6 Å². The van der Waals surface area contributed by atoms with Crippen LogP contribution in [0, 0.1) is 0 Å². The molecule has 0 bridgehead atoms. The number of aromatic amines is 1. The van der Waals surface area contributed by atoms with Gasteiger partial charge in [-0.05, 0) is 48.4 Å². The van der Waals surface area contributed by atoms with Crippen molar-refractivity contribution in [3.8, 4) is 5.75 Å². The number of carbonyl (C=O) groups is 3. The maximum Gasteiger partial charge on any atom is 0.328 e. The molecule has 0 unspecified atom stereocenters. The summed E-state index contributed by atoms with van der Waals surface area (Å²) in [6, 6.07) is 12.0. The van der Waals surface area contributed by atoms with Crippen LogP contribution in [0.15, 0.2) is 46.9 Å². The summed E-state index contributed by atoms with van der Waals surface area (Å²) in [6.45, 7) is 7.02. The van der Waals surface area contributed by atoms with Crippen molar-refractivity contribution < 1.29 is 19.5 Å². The smallest absolute Gasteiger partial charge is 0.328 e. The summed E-state index contributed by atoms with van der Waals surface area (Å²) < 4.78 is 0.939. The molecule has 2 saturated heterocycles. The zero-order chi connectivity index (χ0) is 26.8. The molecule has 3 aromatic rings. The molecule has 1 aromatic heterocycles. The normalized spacial score (nSPS) is 23.8. The van der Waals surface area contributed by atoms with Crippen molar-refractivity contribution in [2.24, 2.45) is 0 Å². The molecule has 2 fully saturated rings. The van der Waals surface area contributed by atoms with Gasteiger partial charge in [0, 0.05) is 73.7 Å². The Hall–Kier alpha value is -3.37. The van der Waals surface area contributed by atoms with Crippen molar-refractivity contribution in [2.75, 3.05) is 39.3 Å². The summed E-state index contributed by atoms with van der Waals surface area (Å²) in [5, 5.41) is 11.3. The van der Waals surface area contributed by atoms with Gasteiger partial charge in [-0.3, -0.25) is 24.3 Å². The van der Waals surface area contributed by atoms with Crippen molar-refractivity contribution in [1.82, 2.24) is 24.6 Å². The number of urea groups is 1. The zero-order valence-electron chi connectivity index (χ0n) is 21.4. The van der Waals surface area contributed by atoms with Crippen LogP contribution in [0.2, 0.25) is 0 Å². The van der Waals surface area contributed by atoms with Gasteiger partial charge in [-0.2, -0.15) is 0 Å². The highest BCUT2D eigenvalue weighted by molar-refractivity contribution is 9.10. The fraction of sp³-hybridized carbons (Fsp3) is 0.393. The minimum absolute atomic E-state index is 0.0695. The molecular formula is C28H30BrN5O4. The molecule has 3 aliphatic heterocycles. The number of nitrogens with zero attached hydrogens (tertiary/aromatic N) is 4. The molecule has 0 spiro atoms. The Morgan fingerprint density at radius 1 is 1.11 bits per heavy atom. The third-order valence-corrected chi connectivity index (χ3v) is 8.77. The van der Waals surface area contributed by atoms with Gasteiger partial charge in [-0.1, -0.05) is 28.1 Å². The van der Waals surface area contributed by atoms with Gasteiger partial charge in [0.1, 0.15) is 17.3 Å². The maximum atomic E-state index is 14.0. The number of aromatic hydroxyl groups is 1.